The number of hydrazone groups is 1. The standard InChI is InChI=1S/C19H15ClN2O/c20-15-10-8-14(9-11-15)17-13-22(16-5-2-1-3-6-16)21-19(17)18-7-4-12-23-18/h1-12,17H,13H2/t17-/m0/s1. The fourth-order valence-corrected chi connectivity index (χ4v) is 2.99. The molecule has 2 aromatic carbocycles. The van der Waals surface area contributed by atoms with Crippen molar-refractivity contribution in [3.8, 4) is 0 Å². The zero-order chi connectivity index (χ0) is 15.6. The minimum atomic E-state index is 0.152. The summed E-state index contributed by atoms with van der Waals surface area (Å²) in [7, 11) is 0. The van der Waals surface area contributed by atoms with Gasteiger partial charge in [-0.15, -0.1) is 0 Å². The summed E-state index contributed by atoms with van der Waals surface area (Å²) in [5, 5.41) is 7.57. The molecule has 0 saturated carbocycles. The molecule has 114 valence electrons. The number of para-hydroxylation sites is 1. The Balaban J connectivity index is 1.74. The Morgan fingerprint density at radius 1 is 0.957 bits per heavy atom. The summed E-state index contributed by atoms with van der Waals surface area (Å²) in [6, 6.07) is 22.0. The lowest BCUT2D eigenvalue weighted by Gasteiger charge is -2.16. The van der Waals surface area contributed by atoms with Gasteiger partial charge in [-0.05, 0) is 42.0 Å². The molecule has 4 rings (SSSR count). The van der Waals surface area contributed by atoms with Crippen LogP contribution in [0.2, 0.25) is 5.02 Å². The molecule has 3 aromatic rings. The van der Waals surface area contributed by atoms with Gasteiger partial charge in [0.05, 0.1) is 24.4 Å². The predicted molar refractivity (Wildman–Crippen MR) is 93.2 cm³/mol. The van der Waals surface area contributed by atoms with Gasteiger partial charge in [0, 0.05) is 5.02 Å². The maximum Gasteiger partial charge on any atom is 0.150 e. The SMILES string of the molecule is Clc1ccc([C@@H]2CN(c3ccccc3)N=C2c2ccco2)cc1. The van der Waals surface area contributed by atoms with Crippen LogP contribution >= 0.6 is 11.6 Å². The Morgan fingerprint density at radius 3 is 2.43 bits per heavy atom. The van der Waals surface area contributed by atoms with Crippen molar-refractivity contribution in [1.82, 2.24) is 0 Å². The van der Waals surface area contributed by atoms with Crippen molar-refractivity contribution in [2.24, 2.45) is 5.10 Å². The van der Waals surface area contributed by atoms with Crippen molar-refractivity contribution in [2.75, 3.05) is 11.6 Å². The molecule has 0 aliphatic carbocycles. The van der Waals surface area contributed by atoms with Gasteiger partial charge in [0.2, 0.25) is 0 Å². The number of furan rings is 1. The maximum absolute atomic E-state index is 6.02. The van der Waals surface area contributed by atoms with Crippen LogP contribution in [0.25, 0.3) is 0 Å². The number of halogens is 1. The monoisotopic (exact) mass is 322 g/mol. The molecule has 0 saturated heterocycles. The molecule has 0 bridgehead atoms. The normalized spacial score (nSPS) is 17.3. The molecule has 0 spiro atoms. The van der Waals surface area contributed by atoms with E-state index in [2.05, 4.69) is 24.3 Å². The van der Waals surface area contributed by atoms with Crippen LogP contribution < -0.4 is 5.01 Å². The fourth-order valence-electron chi connectivity index (χ4n) is 2.87. The zero-order valence-corrected chi connectivity index (χ0v) is 13.1. The van der Waals surface area contributed by atoms with Crippen LogP contribution in [0.4, 0.5) is 5.69 Å². The van der Waals surface area contributed by atoms with Crippen molar-refractivity contribution in [3.05, 3.63) is 89.3 Å². The number of benzene rings is 2. The second-order valence-corrected chi connectivity index (χ2v) is 5.92. The van der Waals surface area contributed by atoms with E-state index in [1.54, 1.807) is 6.26 Å². The molecule has 2 heterocycles. The number of nitrogens with zero attached hydrogens (tertiary/aromatic N) is 2. The first-order chi connectivity index (χ1) is 11.3. The fraction of sp³-hybridized carbons (Fsp3) is 0.105. The topological polar surface area (TPSA) is 28.7 Å². The summed E-state index contributed by atoms with van der Waals surface area (Å²) in [5.74, 6) is 0.960. The van der Waals surface area contributed by atoms with E-state index in [0.29, 0.717) is 0 Å². The Bertz CT molecular complexity index is 810. The molecule has 1 aliphatic heterocycles. The lowest BCUT2D eigenvalue weighted by atomic mass is 9.93. The van der Waals surface area contributed by atoms with Crippen molar-refractivity contribution < 1.29 is 4.42 Å². The highest BCUT2D eigenvalue weighted by Crippen LogP contribution is 2.32. The van der Waals surface area contributed by atoms with Crippen molar-refractivity contribution in [3.63, 3.8) is 0 Å². The van der Waals surface area contributed by atoms with E-state index in [0.717, 1.165) is 28.7 Å². The van der Waals surface area contributed by atoms with Gasteiger partial charge in [-0.1, -0.05) is 41.9 Å². The first-order valence-electron chi connectivity index (χ1n) is 7.52. The maximum atomic E-state index is 6.02. The third-order valence-corrected chi connectivity index (χ3v) is 4.27. The second-order valence-electron chi connectivity index (χ2n) is 5.48. The highest BCUT2D eigenvalue weighted by molar-refractivity contribution is 6.30. The molecule has 0 N–H and O–H groups in total. The van der Waals surface area contributed by atoms with Gasteiger partial charge in [0.15, 0.2) is 5.76 Å². The molecular formula is C19H15ClN2O. The van der Waals surface area contributed by atoms with Gasteiger partial charge >= 0.3 is 0 Å². The second kappa shape index (κ2) is 5.94. The predicted octanol–water partition coefficient (Wildman–Crippen LogP) is 4.94. The molecule has 0 fully saturated rings. The summed E-state index contributed by atoms with van der Waals surface area (Å²) in [6.45, 7) is 0.779. The van der Waals surface area contributed by atoms with Gasteiger partial charge in [-0.2, -0.15) is 5.10 Å². The zero-order valence-electron chi connectivity index (χ0n) is 12.4. The first-order valence-corrected chi connectivity index (χ1v) is 7.89. The molecule has 1 atom stereocenters. The van der Waals surface area contributed by atoms with Gasteiger partial charge in [0.25, 0.3) is 0 Å². The molecule has 3 nitrogen and oxygen atoms in total. The third kappa shape index (κ3) is 2.76. The highest BCUT2D eigenvalue weighted by Gasteiger charge is 2.31. The molecule has 0 radical (unpaired) electrons. The average molecular weight is 323 g/mol. The third-order valence-electron chi connectivity index (χ3n) is 4.01. The molecule has 1 aromatic heterocycles. The van der Waals surface area contributed by atoms with E-state index >= 15 is 0 Å². The number of anilines is 1. The number of hydrogen-bond acceptors (Lipinski definition) is 3. The smallest absolute Gasteiger partial charge is 0.150 e. The van der Waals surface area contributed by atoms with E-state index in [1.165, 1.54) is 5.56 Å². The van der Waals surface area contributed by atoms with Crippen molar-refractivity contribution in [2.45, 2.75) is 5.92 Å². The Kier molecular flexibility index (Phi) is 3.64. The molecule has 1 aliphatic rings. The molecule has 0 amide bonds. The van der Waals surface area contributed by atoms with Gasteiger partial charge < -0.3 is 4.42 Å². The van der Waals surface area contributed by atoms with Crippen LogP contribution in [0, 0.1) is 0 Å². The Labute approximate surface area is 139 Å². The van der Waals surface area contributed by atoms with Gasteiger partial charge in [0.1, 0.15) is 5.71 Å². The minimum absolute atomic E-state index is 0.152. The van der Waals surface area contributed by atoms with Gasteiger partial charge in [-0.25, -0.2) is 0 Å². The Hall–Kier alpha value is -2.52. The highest BCUT2D eigenvalue weighted by atomic mass is 35.5. The number of hydrogen-bond donors (Lipinski definition) is 0. The van der Waals surface area contributed by atoms with Crippen LogP contribution in [0.15, 0.2) is 82.5 Å². The summed E-state index contributed by atoms with van der Waals surface area (Å²) in [6.07, 6.45) is 1.68. The van der Waals surface area contributed by atoms with Gasteiger partial charge in [-0.3, -0.25) is 5.01 Å². The van der Waals surface area contributed by atoms with E-state index < -0.39 is 0 Å². The lowest BCUT2D eigenvalue weighted by molar-refractivity contribution is 0.555. The van der Waals surface area contributed by atoms with Crippen LogP contribution in [-0.2, 0) is 0 Å². The minimum Gasteiger partial charge on any atom is -0.463 e. The quantitative estimate of drug-likeness (QED) is 0.683. The van der Waals surface area contributed by atoms with E-state index in [4.69, 9.17) is 21.1 Å². The van der Waals surface area contributed by atoms with Crippen molar-refractivity contribution >= 4 is 23.0 Å². The van der Waals surface area contributed by atoms with E-state index in [9.17, 15) is 0 Å². The first kappa shape index (κ1) is 14.1. The summed E-state index contributed by atoms with van der Waals surface area (Å²) >= 11 is 6.02. The molecular weight excluding hydrogens is 308 g/mol. The Morgan fingerprint density at radius 2 is 1.74 bits per heavy atom. The van der Waals surface area contributed by atoms with Crippen LogP contribution in [-0.4, -0.2) is 12.3 Å². The molecule has 23 heavy (non-hydrogen) atoms. The molecule has 4 heteroatoms. The summed E-state index contributed by atoms with van der Waals surface area (Å²) in [4.78, 5) is 0. The summed E-state index contributed by atoms with van der Waals surface area (Å²) < 4.78 is 5.59. The summed E-state index contributed by atoms with van der Waals surface area (Å²) in [5.41, 5.74) is 3.21. The van der Waals surface area contributed by atoms with Crippen LogP contribution in [0.3, 0.4) is 0 Å². The lowest BCUT2D eigenvalue weighted by Crippen LogP contribution is -2.18. The van der Waals surface area contributed by atoms with Crippen molar-refractivity contribution in [1.29, 1.82) is 0 Å². The van der Waals surface area contributed by atoms with Crippen LogP contribution in [0.1, 0.15) is 17.2 Å². The molecule has 0 unspecified atom stereocenters. The largest absolute Gasteiger partial charge is 0.463 e. The van der Waals surface area contributed by atoms with E-state index in [1.807, 2.05) is 47.5 Å². The average Bonchev–Trinajstić information content (AvgIpc) is 3.26. The van der Waals surface area contributed by atoms with Crippen LogP contribution in [0.5, 0.6) is 0 Å². The van der Waals surface area contributed by atoms with E-state index in [-0.39, 0.29) is 5.92 Å². The number of rotatable bonds is 3.